The Bertz CT molecular complexity index is 1860. The molecule has 8 nitrogen and oxygen atoms in total. The van der Waals surface area contributed by atoms with Crippen molar-refractivity contribution in [1.29, 1.82) is 0 Å². The molecule has 0 bridgehead atoms. The van der Waals surface area contributed by atoms with Gasteiger partial charge in [-0.3, -0.25) is 4.79 Å². The molecule has 49 heavy (non-hydrogen) atoms. The smallest absolute Gasteiger partial charge is 0.343 e. The summed E-state index contributed by atoms with van der Waals surface area (Å²) >= 11 is 0. The van der Waals surface area contributed by atoms with Gasteiger partial charge in [-0.2, -0.15) is 0 Å². The molecule has 1 amide bonds. The zero-order chi connectivity index (χ0) is 33.6. The minimum atomic E-state index is -0.460. The summed E-state index contributed by atoms with van der Waals surface area (Å²) in [5, 5.41) is 0. The van der Waals surface area contributed by atoms with E-state index in [-0.39, 0.29) is 5.91 Å². The van der Waals surface area contributed by atoms with Crippen LogP contribution in [0.5, 0.6) is 17.2 Å². The summed E-state index contributed by atoms with van der Waals surface area (Å²) in [5.74, 6) is 1.43. The third-order valence-corrected chi connectivity index (χ3v) is 8.59. The van der Waals surface area contributed by atoms with Crippen LogP contribution in [0.4, 0.5) is 5.69 Å². The van der Waals surface area contributed by atoms with E-state index >= 15 is 0 Å². The number of hydrogen-bond acceptors (Lipinski definition) is 7. The maximum absolute atomic E-state index is 13.3. The van der Waals surface area contributed by atoms with Crippen LogP contribution in [0.25, 0.3) is 22.3 Å². The topological polar surface area (TPSA) is 90.1 Å². The molecule has 0 aliphatic carbocycles. The molecule has 2 aliphatic rings. The van der Waals surface area contributed by atoms with Gasteiger partial charge in [0.1, 0.15) is 17.2 Å². The van der Waals surface area contributed by atoms with Gasteiger partial charge in [-0.1, -0.05) is 48.5 Å². The van der Waals surface area contributed by atoms with Gasteiger partial charge in [0.15, 0.2) is 0 Å². The molecule has 2 saturated heterocycles. The first-order chi connectivity index (χ1) is 24.0. The molecule has 8 heteroatoms. The first-order valence-corrected chi connectivity index (χ1v) is 16.5. The molecule has 0 radical (unpaired) electrons. The number of nitrogens with zero attached hydrogens (tertiary/aromatic N) is 1. The molecule has 2 unspecified atom stereocenters. The quantitative estimate of drug-likeness (QED) is 0.0684. The maximum atomic E-state index is 13.3. The second kappa shape index (κ2) is 14.8. The van der Waals surface area contributed by atoms with E-state index in [4.69, 9.17) is 23.7 Å². The van der Waals surface area contributed by atoms with Gasteiger partial charge < -0.3 is 28.6 Å². The minimum Gasteiger partial charge on any atom is -0.493 e. The SMILES string of the molecule is CN(C(=O)c1ccc(-c2ccc(OCCC3CO3)cc2)cc1)c1ccc(OC(=O)c2ccc(-c3ccc(OCCC4CO4)cc3)cc2)cc1. The molecule has 2 fully saturated rings. The number of anilines is 1. The third-order valence-electron chi connectivity index (χ3n) is 8.59. The van der Waals surface area contributed by atoms with Gasteiger partial charge in [0.25, 0.3) is 5.91 Å². The van der Waals surface area contributed by atoms with Gasteiger partial charge in [0.2, 0.25) is 0 Å². The number of carbonyl (C=O) groups is 2. The van der Waals surface area contributed by atoms with Crippen LogP contribution in [0.15, 0.2) is 121 Å². The summed E-state index contributed by atoms with van der Waals surface area (Å²) in [4.78, 5) is 27.7. The summed E-state index contributed by atoms with van der Waals surface area (Å²) in [6.45, 7) is 2.95. The number of esters is 1. The summed E-state index contributed by atoms with van der Waals surface area (Å²) in [6.07, 6.45) is 2.52. The summed E-state index contributed by atoms with van der Waals surface area (Å²) in [7, 11) is 1.72. The summed E-state index contributed by atoms with van der Waals surface area (Å²) < 4.78 is 27.6. The van der Waals surface area contributed by atoms with Crippen molar-refractivity contribution in [3.8, 4) is 39.5 Å². The number of epoxide rings is 2. The Kier molecular flexibility index (Phi) is 9.68. The predicted molar refractivity (Wildman–Crippen MR) is 188 cm³/mol. The van der Waals surface area contributed by atoms with Gasteiger partial charge >= 0.3 is 5.97 Å². The average Bonchev–Trinajstić information content (AvgIpc) is 4.10. The van der Waals surface area contributed by atoms with Gasteiger partial charge in [-0.15, -0.1) is 0 Å². The fraction of sp³-hybridized carbons (Fsp3) is 0.220. The van der Waals surface area contributed by atoms with Crippen molar-refractivity contribution in [3.63, 3.8) is 0 Å². The molecule has 0 saturated carbocycles. The number of benzene rings is 5. The Hall–Kier alpha value is -5.44. The van der Waals surface area contributed by atoms with Crippen molar-refractivity contribution in [2.45, 2.75) is 25.0 Å². The first-order valence-electron chi connectivity index (χ1n) is 16.5. The van der Waals surface area contributed by atoms with Crippen molar-refractivity contribution < 1.29 is 33.3 Å². The van der Waals surface area contributed by atoms with Crippen molar-refractivity contribution >= 4 is 17.6 Å². The number of amides is 1. The number of hydrogen-bond donors (Lipinski definition) is 0. The fourth-order valence-electron chi connectivity index (χ4n) is 5.39. The van der Waals surface area contributed by atoms with Crippen LogP contribution in [0.2, 0.25) is 0 Å². The lowest BCUT2D eigenvalue weighted by atomic mass is 10.0. The first kappa shape index (κ1) is 32.1. The van der Waals surface area contributed by atoms with Crippen LogP contribution in [-0.4, -0.2) is 57.6 Å². The summed E-state index contributed by atoms with van der Waals surface area (Å²) in [6, 6.07) is 37.5. The second-order valence-corrected chi connectivity index (χ2v) is 12.1. The Morgan fingerprint density at radius 3 is 1.39 bits per heavy atom. The van der Waals surface area contributed by atoms with Crippen molar-refractivity contribution in [2.75, 3.05) is 38.4 Å². The molecule has 248 valence electrons. The minimum absolute atomic E-state index is 0.148. The molecule has 0 spiro atoms. The van der Waals surface area contributed by atoms with Crippen LogP contribution >= 0.6 is 0 Å². The molecular weight excluding hydrogens is 618 g/mol. The second-order valence-electron chi connectivity index (χ2n) is 12.1. The van der Waals surface area contributed by atoms with Crippen molar-refractivity contribution in [1.82, 2.24) is 0 Å². The molecule has 2 heterocycles. The highest BCUT2D eigenvalue weighted by atomic mass is 16.6. The van der Waals surface area contributed by atoms with E-state index in [9.17, 15) is 9.59 Å². The predicted octanol–water partition coefficient (Wildman–Crippen LogP) is 7.85. The van der Waals surface area contributed by atoms with Crippen LogP contribution in [0.3, 0.4) is 0 Å². The van der Waals surface area contributed by atoms with Gasteiger partial charge in [-0.25, -0.2) is 4.79 Å². The third kappa shape index (κ3) is 8.54. The lowest BCUT2D eigenvalue weighted by molar-refractivity contribution is 0.0734. The lowest BCUT2D eigenvalue weighted by Gasteiger charge is -2.18. The fourth-order valence-corrected chi connectivity index (χ4v) is 5.39. The molecular formula is C41H37NO7. The van der Waals surface area contributed by atoms with E-state index in [1.54, 1.807) is 48.3 Å². The molecule has 5 aromatic carbocycles. The molecule has 0 N–H and O–H groups in total. The van der Waals surface area contributed by atoms with Gasteiger partial charge in [0.05, 0.1) is 44.2 Å². The monoisotopic (exact) mass is 655 g/mol. The molecule has 5 aromatic rings. The normalized spacial score (nSPS) is 16.0. The molecule has 0 aromatic heterocycles. The van der Waals surface area contributed by atoms with Gasteiger partial charge in [-0.05, 0) is 95.1 Å². The molecule has 7 rings (SSSR count). The number of carbonyl (C=O) groups excluding carboxylic acids is 2. The largest absolute Gasteiger partial charge is 0.493 e. The summed E-state index contributed by atoms with van der Waals surface area (Å²) in [5.41, 5.74) is 5.73. The Labute approximate surface area is 285 Å². The van der Waals surface area contributed by atoms with E-state index in [1.165, 1.54) is 0 Å². The maximum Gasteiger partial charge on any atom is 0.343 e. The van der Waals surface area contributed by atoms with Crippen molar-refractivity contribution in [2.24, 2.45) is 0 Å². The number of rotatable bonds is 14. The average molecular weight is 656 g/mol. The Morgan fingerprint density at radius 1 is 0.571 bits per heavy atom. The zero-order valence-electron chi connectivity index (χ0n) is 27.2. The van der Waals surface area contributed by atoms with Crippen molar-refractivity contribution in [3.05, 3.63) is 132 Å². The van der Waals surface area contributed by atoms with E-state index in [2.05, 4.69) is 0 Å². The highest BCUT2D eigenvalue weighted by Crippen LogP contribution is 2.27. The lowest BCUT2D eigenvalue weighted by Crippen LogP contribution is -2.26. The highest BCUT2D eigenvalue weighted by Gasteiger charge is 2.22. The standard InChI is InChI=1S/C41H37NO7/c1-42(40(43)32-6-2-28(3-7-32)30-10-16-35(17-11-30)45-24-22-38-26-47-38)34-14-20-37(21-15-34)49-41(44)33-8-4-29(5-9-33)31-12-18-36(19-13-31)46-25-23-39-27-48-39/h2-21,38-39H,22-27H2,1H3. The Morgan fingerprint density at radius 2 is 0.959 bits per heavy atom. The zero-order valence-corrected chi connectivity index (χ0v) is 27.2. The van der Waals surface area contributed by atoms with E-state index in [0.717, 1.165) is 59.8 Å². The van der Waals surface area contributed by atoms with Gasteiger partial charge in [0, 0.05) is 31.1 Å². The van der Waals surface area contributed by atoms with Crippen LogP contribution in [0.1, 0.15) is 33.6 Å². The molecule has 2 aliphatic heterocycles. The number of ether oxygens (including phenoxy) is 5. The highest BCUT2D eigenvalue weighted by molar-refractivity contribution is 6.06. The molecule has 2 atom stereocenters. The van der Waals surface area contributed by atoms with Crippen LogP contribution in [0, 0.1) is 0 Å². The van der Waals surface area contributed by atoms with E-state index in [1.807, 2.05) is 84.9 Å². The Balaban J connectivity index is 0.899. The van der Waals surface area contributed by atoms with Crippen LogP contribution in [-0.2, 0) is 9.47 Å². The van der Waals surface area contributed by atoms with Crippen LogP contribution < -0.4 is 19.1 Å². The van der Waals surface area contributed by atoms with E-state index < -0.39 is 5.97 Å². The van der Waals surface area contributed by atoms with E-state index in [0.29, 0.717) is 48.0 Å².